The quantitative estimate of drug-likeness (QED) is 0.529. The van der Waals surface area contributed by atoms with Gasteiger partial charge in [-0.1, -0.05) is 23.7 Å². The van der Waals surface area contributed by atoms with E-state index in [-0.39, 0.29) is 31.7 Å². The smallest absolute Gasteiger partial charge is 0.307 e. The van der Waals surface area contributed by atoms with E-state index in [1.807, 2.05) is 4.72 Å². The number of carbonyl (C=O) groups excluding carboxylic acids is 3. The van der Waals surface area contributed by atoms with Gasteiger partial charge in [-0.15, -0.1) is 11.3 Å². The predicted octanol–water partition coefficient (Wildman–Crippen LogP) is 4.33. The van der Waals surface area contributed by atoms with Crippen LogP contribution < -0.4 is 14.9 Å². The third-order valence-corrected chi connectivity index (χ3v) is 7.85. The van der Waals surface area contributed by atoms with Gasteiger partial charge >= 0.3 is 6.03 Å². The van der Waals surface area contributed by atoms with Crippen LogP contribution in [0, 0.1) is 13.8 Å². The number of halogens is 1. The van der Waals surface area contributed by atoms with E-state index in [4.69, 9.17) is 11.6 Å². The van der Waals surface area contributed by atoms with Crippen LogP contribution in [0.15, 0.2) is 52.7 Å². The molecule has 1 aliphatic heterocycles. The number of nitrogens with one attached hydrogen (secondary N) is 2. The Balaban J connectivity index is 1.57. The zero-order valence-electron chi connectivity index (χ0n) is 16.8. The normalized spacial score (nSPS) is 13.3. The lowest BCUT2D eigenvalue weighted by Crippen LogP contribution is -2.34. The van der Waals surface area contributed by atoms with Gasteiger partial charge in [0.15, 0.2) is 0 Å². The van der Waals surface area contributed by atoms with Gasteiger partial charge < -0.3 is 5.32 Å². The average molecular weight is 490 g/mol. The zero-order valence-corrected chi connectivity index (χ0v) is 19.2. The Kier molecular flexibility index (Phi) is 5.53. The van der Waals surface area contributed by atoms with E-state index in [9.17, 15) is 22.8 Å². The number of hydrogen-bond donors (Lipinski definition) is 2. The largest absolute Gasteiger partial charge is 0.333 e. The molecule has 11 heteroatoms. The van der Waals surface area contributed by atoms with Crippen molar-refractivity contribution < 1.29 is 22.8 Å². The molecule has 1 aliphatic rings. The van der Waals surface area contributed by atoms with E-state index >= 15 is 0 Å². The van der Waals surface area contributed by atoms with Gasteiger partial charge in [-0.25, -0.2) is 22.8 Å². The fraction of sp³-hybridized carbons (Fsp3) is 0.0952. The van der Waals surface area contributed by atoms with Gasteiger partial charge in [-0.05, 0) is 55.8 Å². The Morgan fingerprint density at radius 2 is 1.62 bits per heavy atom. The van der Waals surface area contributed by atoms with Crippen LogP contribution in [0.5, 0.6) is 0 Å². The molecule has 0 radical (unpaired) electrons. The summed E-state index contributed by atoms with van der Waals surface area (Å²) >= 11 is 7.41. The number of benzene rings is 2. The zero-order chi connectivity index (χ0) is 23.2. The minimum Gasteiger partial charge on any atom is -0.307 e. The van der Waals surface area contributed by atoms with Gasteiger partial charge in [0, 0.05) is 10.6 Å². The number of urea groups is 1. The van der Waals surface area contributed by atoms with Crippen LogP contribution in [-0.2, 0) is 10.0 Å². The number of anilines is 2. The maximum Gasteiger partial charge on any atom is 0.333 e. The van der Waals surface area contributed by atoms with E-state index in [1.54, 1.807) is 44.2 Å². The minimum absolute atomic E-state index is 0.0142. The molecule has 0 saturated carbocycles. The number of sulfonamides is 1. The molecule has 0 spiro atoms. The number of nitrogens with zero attached hydrogens (tertiary/aromatic N) is 1. The van der Waals surface area contributed by atoms with E-state index in [0.717, 1.165) is 21.1 Å². The van der Waals surface area contributed by atoms with Crippen LogP contribution in [0.2, 0.25) is 5.02 Å². The number of aryl methyl sites for hydroxylation is 2. The molecule has 0 bridgehead atoms. The van der Waals surface area contributed by atoms with E-state index in [1.165, 1.54) is 18.2 Å². The first-order valence-corrected chi connectivity index (χ1v) is 11.9. The second-order valence-corrected chi connectivity index (χ2v) is 10.6. The molecule has 164 valence electrons. The van der Waals surface area contributed by atoms with E-state index < -0.39 is 27.9 Å². The van der Waals surface area contributed by atoms with Crippen molar-refractivity contribution in [1.29, 1.82) is 0 Å². The van der Waals surface area contributed by atoms with Gasteiger partial charge in [0.2, 0.25) is 0 Å². The molecule has 2 N–H and O–H groups in total. The maximum atomic E-state index is 12.8. The van der Waals surface area contributed by atoms with Crippen molar-refractivity contribution in [3.05, 3.63) is 75.1 Å². The standard InChI is InChI=1S/C21H16ClN3O5S2/c1-11-9-13(23-21(28)24-32(29,30)17-8-7-12(2)31-17)10-16(22)18(11)25-19(26)14-5-3-4-6-15(14)20(25)27/h3-10H,1-2H3,(H2,23,24,28). The number of rotatable bonds is 4. The number of amides is 4. The second kappa shape index (κ2) is 8.05. The van der Waals surface area contributed by atoms with Crippen molar-refractivity contribution >= 4 is 62.2 Å². The average Bonchev–Trinajstić information content (AvgIpc) is 3.25. The lowest BCUT2D eigenvalue weighted by Gasteiger charge is -2.19. The molecule has 3 aromatic rings. The first-order valence-electron chi connectivity index (χ1n) is 9.26. The molecular formula is C21H16ClN3O5S2. The molecule has 1 aromatic heterocycles. The van der Waals surface area contributed by atoms with Crippen LogP contribution in [-0.4, -0.2) is 26.3 Å². The SMILES string of the molecule is Cc1ccc(S(=O)(=O)NC(=O)Nc2cc(C)c(N3C(=O)c4ccccc4C3=O)c(Cl)c2)s1. The highest BCUT2D eigenvalue weighted by molar-refractivity contribution is 7.92. The van der Waals surface area contributed by atoms with Crippen LogP contribution in [0.25, 0.3) is 0 Å². The Labute approximate surface area is 192 Å². The first kappa shape index (κ1) is 22.0. The summed E-state index contributed by atoms with van der Waals surface area (Å²) in [4.78, 5) is 39.6. The van der Waals surface area contributed by atoms with Crippen molar-refractivity contribution in [2.45, 2.75) is 18.1 Å². The number of imide groups is 1. The Hall–Kier alpha value is -3.21. The summed E-state index contributed by atoms with van der Waals surface area (Å²) in [6.45, 7) is 3.38. The molecule has 2 aromatic carbocycles. The van der Waals surface area contributed by atoms with Crippen molar-refractivity contribution in [2.75, 3.05) is 10.2 Å². The Morgan fingerprint density at radius 3 is 2.16 bits per heavy atom. The molecule has 0 saturated heterocycles. The van der Waals surface area contributed by atoms with Gasteiger partial charge in [0.1, 0.15) is 4.21 Å². The fourth-order valence-electron chi connectivity index (χ4n) is 3.37. The number of fused-ring (bicyclic) bond motifs is 1. The van der Waals surface area contributed by atoms with Crippen LogP contribution in [0.3, 0.4) is 0 Å². The van der Waals surface area contributed by atoms with Crippen LogP contribution in [0.4, 0.5) is 16.2 Å². The molecule has 8 nitrogen and oxygen atoms in total. The lowest BCUT2D eigenvalue weighted by atomic mass is 10.1. The summed E-state index contributed by atoms with van der Waals surface area (Å²) < 4.78 is 26.6. The Morgan fingerprint density at radius 1 is 1.00 bits per heavy atom. The highest BCUT2D eigenvalue weighted by atomic mass is 35.5. The monoisotopic (exact) mass is 489 g/mol. The molecule has 32 heavy (non-hydrogen) atoms. The van der Waals surface area contributed by atoms with Gasteiger partial charge in [0.05, 0.1) is 21.8 Å². The molecule has 0 fully saturated rings. The molecule has 4 rings (SSSR count). The van der Waals surface area contributed by atoms with Crippen LogP contribution in [0.1, 0.15) is 31.2 Å². The third kappa shape index (κ3) is 3.88. The number of carbonyl (C=O) groups is 3. The molecule has 0 unspecified atom stereocenters. The molecular weight excluding hydrogens is 474 g/mol. The number of hydrogen-bond acceptors (Lipinski definition) is 6. The Bertz CT molecular complexity index is 1340. The van der Waals surface area contributed by atoms with E-state index in [0.29, 0.717) is 5.56 Å². The van der Waals surface area contributed by atoms with Crippen molar-refractivity contribution in [2.24, 2.45) is 0 Å². The second-order valence-electron chi connectivity index (χ2n) is 7.04. The van der Waals surface area contributed by atoms with Gasteiger partial charge in [-0.2, -0.15) is 0 Å². The summed E-state index contributed by atoms with van der Waals surface area (Å²) in [6, 6.07) is 11.4. The summed E-state index contributed by atoms with van der Waals surface area (Å²) in [5.74, 6) is -0.988. The summed E-state index contributed by atoms with van der Waals surface area (Å²) in [7, 11) is -4.02. The first-order chi connectivity index (χ1) is 15.1. The highest BCUT2D eigenvalue weighted by Gasteiger charge is 2.38. The summed E-state index contributed by atoms with van der Waals surface area (Å²) in [5, 5.41) is 2.46. The van der Waals surface area contributed by atoms with E-state index in [2.05, 4.69) is 5.32 Å². The van der Waals surface area contributed by atoms with Crippen molar-refractivity contribution in [1.82, 2.24) is 4.72 Å². The van der Waals surface area contributed by atoms with Gasteiger partial charge in [-0.3, -0.25) is 9.59 Å². The fourth-order valence-corrected chi connectivity index (χ4v) is 5.91. The molecule has 4 amide bonds. The van der Waals surface area contributed by atoms with Crippen LogP contribution >= 0.6 is 22.9 Å². The molecule has 0 aliphatic carbocycles. The minimum atomic E-state index is -4.02. The maximum absolute atomic E-state index is 12.8. The molecule has 0 atom stereocenters. The summed E-state index contributed by atoms with van der Waals surface area (Å²) in [5.41, 5.74) is 1.40. The number of thiophene rings is 1. The van der Waals surface area contributed by atoms with Gasteiger partial charge in [0.25, 0.3) is 21.8 Å². The topological polar surface area (TPSA) is 113 Å². The van der Waals surface area contributed by atoms with Crippen molar-refractivity contribution in [3.63, 3.8) is 0 Å². The molecule has 2 heterocycles. The lowest BCUT2D eigenvalue weighted by molar-refractivity contribution is 0.0925. The highest BCUT2D eigenvalue weighted by Crippen LogP contribution is 2.37. The predicted molar refractivity (Wildman–Crippen MR) is 122 cm³/mol. The summed E-state index contributed by atoms with van der Waals surface area (Å²) in [6.07, 6.45) is 0. The third-order valence-electron chi connectivity index (χ3n) is 4.74. The van der Waals surface area contributed by atoms with Crippen molar-refractivity contribution in [3.8, 4) is 0 Å².